The molecular formula is C11H18N4O. The third-order valence-electron chi connectivity index (χ3n) is 2.98. The van der Waals surface area contributed by atoms with Crippen molar-refractivity contribution in [1.29, 1.82) is 0 Å². The number of anilines is 2. The van der Waals surface area contributed by atoms with Gasteiger partial charge < -0.3 is 15.0 Å². The summed E-state index contributed by atoms with van der Waals surface area (Å²) in [7, 11) is 3.63. The van der Waals surface area contributed by atoms with E-state index in [0.29, 0.717) is 6.10 Å². The number of hydrogen-bond acceptors (Lipinski definition) is 5. The van der Waals surface area contributed by atoms with Crippen molar-refractivity contribution in [3.05, 3.63) is 12.4 Å². The molecule has 0 bridgehead atoms. The molecule has 1 N–H and O–H groups in total. The van der Waals surface area contributed by atoms with E-state index in [1.54, 1.807) is 13.3 Å². The second-order valence-corrected chi connectivity index (χ2v) is 3.93. The van der Waals surface area contributed by atoms with Gasteiger partial charge in [-0.25, -0.2) is 4.98 Å². The summed E-state index contributed by atoms with van der Waals surface area (Å²) in [4.78, 5) is 10.9. The van der Waals surface area contributed by atoms with E-state index in [9.17, 15) is 0 Å². The van der Waals surface area contributed by atoms with Crippen molar-refractivity contribution in [3.63, 3.8) is 0 Å². The van der Waals surface area contributed by atoms with Gasteiger partial charge in [-0.15, -0.1) is 0 Å². The highest BCUT2D eigenvalue weighted by atomic mass is 16.5. The SMILES string of the molecule is CNc1cncc(N2CCC(OC)CC2)n1. The van der Waals surface area contributed by atoms with Gasteiger partial charge in [-0.05, 0) is 12.8 Å². The first-order chi connectivity index (χ1) is 7.83. The Kier molecular flexibility index (Phi) is 3.56. The predicted molar refractivity (Wildman–Crippen MR) is 63.8 cm³/mol. The van der Waals surface area contributed by atoms with Crippen LogP contribution in [0, 0.1) is 0 Å². The molecule has 0 atom stereocenters. The molecule has 0 radical (unpaired) electrons. The van der Waals surface area contributed by atoms with E-state index in [-0.39, 0.29) is 0 Å². The summed E-state index contributed by atoms with van der Waals surface area (Å²) in [5.74, 6) is 1.76. The molecule has 16 heavy (non-hydrogen) atoms. The van der Waals surface area contributed by atoms with Gasteiger partial charge in [-0.2, -0.15) is 0 Å². The molecule has 1 aromatic heterocycles. The minimum Gasteiger partial charge on any atom is -0.381 e. The smallest absolute Gasteiger partial charge is 0.149 e. The van der Waals surface area contributed by atoms with E-state index in [2.05, 4.69) is 20.2 Å². The molecule has 0 spiro atoms. The average Bonchev–Trinajstić information content (AvgIpc) is 2.39. The molecular weight excluding hydrogens is 204 g/mol. The molecule has 0 unspecified atom stereocenters. The van der Waals surface area contributed by atoms with Gasteiger partial charge in [-0.3, -0.25) is 4.98 Å². The van der Waals surface area contributed by atoms with Crippen molar-refractivity contribution < 1.29 is 4.74 Å². The average molecular weight is 222 g/mol. The number of ether oxygens (including phenoxy) is 1. The normalized spacial score (nSPS) is 17.5. The second-order valence-electron chi connectivity index (χ2n) is 3.93. The monoisotopic (exact) mass is 222 g/mol. The number of aromatic nitrogens is 2. The molecule has 5 nitrogen and oxygen atoms in total. The van der Waals surface area contributed by atoms with Gasteiger partial charge in [0.2, 0.25) is 0 Å². The van der Waals surface area contributed by atoms with Gasteiger partial charge in [0.1, 0.15) is 11.6 Å². The van der Waals surface area contributed by atoms with E-state index in [1.165, 1.54) is 0 Å². The zero-order chi connectivity index (χ0) is 11.4. The fourth-order valence-corrected chi connectivity index (χ4v) is 1.95. The molecule has 1 aliphatic heterocycles. The van der Waals surface area contributed by atoms with E-state index in [1.807, 2.05) is 13.2 Å². The zero-order valence-corrected chi connectivity index (χ0v) is 9.81. The summed E-state index contributed by atoms with van der Waals surface area (Å²) < 4.78 is 5.35. The molecule has 1 aromatic rings. The number of nitrogens with zero attached hydrogens (tertiary/aromatic N) is 3. The van der Waals surface area contributed by atoms with Crippen LogP contribution in [0.3, 0.4) is 0 Å². The lowest BCUT2D eigenvalue weighted by Gasteiger charge is -2.31. The number of hydrogen-bond donors (Lipinski definition) is 1. The molecule has 1 saturated heterocycles. The molecule has 0 saturated carbocycles. The summed E-state index contributed by atoms with van der Waals surface area (Å²) in [5, 5.41) is 3.00. The Hall–Kier alpha value is -1.36. The summed E-state index contributed by atoms with van der Waals surface area (Å²) in [6, 6.07) is 0. The third kappa shape index (κ3) is 2.41. The van der Waals surface area contributed by atoms with Crippen LogP contribution in [0.1, 0.15) is 12.8 Å². The number of rotatable bonds is 3. The number of methoxy groups -OCH3 is 1. The lowest BCUT2D eigenvalue weighted by atomic mass is 10.1. The summed E-state index contributed by atoms with van der Waals surface area (Å²) >= 11 is 0. The summed E-state index contributed by atoms with van der Waals surface area (Å²) in [5.41, 5.74) is 0. The third-order valence-corrected chi connectivity index (χ3v) is 2.98. The molecule has 0 aromatic carbocycles. The Labute approximate surface area is 95.8 Å². The molecule has 1 fully saturated rings. The minimum atomic E-state index is 0.400. The number of nitrogens with one attached hydrogen (secondary N) is 1. The molecule has 1 aliphatic rings. The highest BCUT2D eigenvalue weighted by Gasteiger charge is 2.19. The van der Waals surface area contributed by atoms with Gasteiger partial charge in [0.25, 0.3) is 0 Å². The predicted octanol–water partition coefficient (Wildman–Crippen LogP) is 1.13. The van der Waals surface area contributed by atoms with E-state index >= 15 is 0 Å². The van der Waals surface area contributed by atoms with Crippen LogP contribution >= 0.6 is 0 Å². The highest BCUT2D eigenvalue weighted by molar-refractivity contribution is 5.43. The molecule has 0 aliphatic carbocycles. The van der Waals surface area contributed by atoms with Crippen LogP contribution in [0.4, 0.5) is 11.6 Å². The van der Waals surface area contributed by atoms with Crippen LogP contribution in [0.15, 0.2) is 12.4 Å². The minimum absolute atomic E-state index is 0.400. The Morgan fingerprint density at radius 1 is 1.38 bits per heavy atom. The van der Waals surface area contributed by atoms with Crippen LogP contribution in [0.5, 0.6) is 0 Å². The van der Waals surface area contributed by atoms with Gasteiger partial charge in [0.15, 0.2) is 0 Å². The Morgan fingerprint density at radius 3 is 2.75 bits per heavy atom. The Bertz CT molecular complexity index is 337. The molecule has 5 heteroatoms. The summed E-state index contributed by atoms with van der Waals surface area (Å²) in [6.07, 6.45) is 6.06. The van der Waals surface area contributed by atoms with E-state index in [0.717, 1.165) is 37.6 Å². The van der Waals surface area contributed by atoms with Gasteiger partial charge in [0, 0.05) is 27.2 Å². The first-order valence-corrected chi connectivity index (χ1v) is 5.61. The lowest BCUT2D eigenvalue weighted by molar-refractivity contribution is 0.0818. The van der Waals surface area contributed by atoms with E-state index < -0.39 is 0 Å². The fraction of sp³-hybridized carbons (Fsp3) is 0.636. The fourth-order valence-electron chi connectivity index (χ4n) is 1.95. The zero-order valence-electron chi connectivity index (χ0n) is 9.81. The molecule has 88 valence electrons. The first-order valence-electron chi connectivity index (χ1n) is 5.61. The summed E-state index contributed by atoms with van der Waals surface area (Å²) in [6.45, 7) is 1.97. The largest absolute Gasteiger partial charge is 0.381 e. The molecule has 2 rings (SSSR count). The van der Waals surface area contributed by atoms with Gasteiger partial charge >= 0.3 is 0 Å². The van der Waals surface area contributed by atoms with Crippen molar-refractivity contribution in [3.8, 4) is 0 Å². The topological polar surface area (TPSA) is 50.3 Å². The van der Waals surface area contributed by atoms with Crippen molar-refractivity contribution in [2.75, 3.05) is 37.5 Å². The van der Waals surface area contributed by atoms with Crippen LogP contribution in [0.2, 0.25) is 0 Å². The van der Waals surface area contributed by atoms with Crippen molar-refractivity contribution in [1.82, 2.24) is 9.97 Å². The van der Waals surface area contributed by atoms with Crippen molar-refractivity contribution in [2.45, 2.75) is 18.9 Å². The maximum Gasteiger partial charge on any atom is 0.149 e. The highest BCUT2D eigenvalue weighted by Crippen LogP contribution is 2.19. The Morgan fingerprint density at radius 2 is 2.12 bits per heavy atom. The number of piperidine rings is 1. The quantitative estimate of drug-likeness (QED) is 0.831. The second kappa shape index (κ2) is 5.12. The van der Waals surface area contributed by atoms with Crippen LogP contribution < -0.4 is 10.2 Å². The van der Waals surface area contributed by atoms with Crippen LogP contribution in [-0.2, 0) is 4.74 Å². The van der Waals surface area contributed by atoms with Crippen LogP contribution in [-0.4, -0.2) is 43.3 Å². The van der Waals surface area contributed by atoms with Gasteiger partial charge in [0.05, 0.1) is 18.5 Å². The Balaban J connectivity index is 2.02. The maximum absolute atomic E-state index is 5.35. The first kappa shape index (κ1) is 11.1. The maximum atomic E-state index is 5.35. The lowest BCUT2D eigenvalue weighted by Crippen LogP contribution is -2.37. The van der Waals surface area contributed by atoms with Crippen molar-refractivity contribution >= 4 is 11.6 Å². The van der Waals surface area contributed by atoms with E-state index in [4.69, 9.17) is 4.74 Å². The van der Waals surface area contributed by atoms with Gasteiger partial charge in [-0.1, -0.05) is 0 Å². The molecule has 0 amide bonds. The van der Waals surface area contributed by atoms with Crippen molar-refractivity contribution in [2.24, 2.45) is 0 Å². The standard InChI is InChI=1S/C11H18N4O/c1-12-10-7-13-8-11(14-10)15-5-3-9(16-2)4-6-15/h7-9H,3-6H2,1-2H3,(H,12,14). The van der Waals surface area contributed by atoms with Crippen LogP contribution in [0.25, 0.3) is 0 Å². The molecule has 2 heterocycles.